The molecule has 1 aromatic carbocycles. The Morgan fingerprint density at radius 1 is 1.47 bits per heavy atom. The lowest BCUT2D eigenvalue weighted by Gasteiger charge is -1.94. The third-order valence-electron chi connectivity index (χ3n) is 2.17. The van der Waals surface area contributed by atoms with Gasteiger partial charge in [0.15, 0.2) is 6.29 Å². The topological polar surface area (TPSA) is 32.9 Å². The van der Waals surface area contributed by atoms with Crippen molar-refractivity contribution in [2.24, 2.45) is 0 Å². The van der Waals surface area contributed by atoms with E-state index in [1.807, 2.05) is 18.2 Å². The summed E-state index contributed by atoms with van der Waals surface area (Å²) in [5.41, 5.74) is 2.45. The smallest absolute Gasteiger partial charge is 0.152 e. The van der Waals surface area contributed by atoms with Gasteiger partial charge < -0.3 is 4.98 Å². The lowest BCUT2D eigenvalue weighted by atomic mass is 10.1. The largest absolute Gasteiger partial charge is 0.360 e. The lowest BCUT2D eigenvalue weighted by molar-refractivity contribution is 0.112. The van der Waals surface area contributed by atoms with Crippen LogP contribution < -0.4 is 0 Å². The molecule has 0 aliphatic carbocycles. The van der Waals surface area contributed by atoms with Crippen molar-refractivity contribution in [1.82, 2.24) is 4.98 Å². The van der Waals surface area contributed by atoms with Gasteiger partial charge in [0.1, 0.15) is 0 Å². The van der Waals surface area contributed by atoms with Crippen molar-refractivity contribution < 1.29 is 4.79 Å². The van der Waals surface area contributed by atoms with E-state index in [0.29, 0.717) is 11.3 Å². The van der Waals surface area contributed by atoms with Gasteiger partial charge in [0, 0.05) is 28.2 Å². The molecule has 0 unspecified atom stereocenters. The van der Waals surface area contributed by atoms with Crippen LogP contribution in [0.4, 0.5) is 0 Å². The number of fused-ring (bicyclic) bond motifs is 1. The molecule has 2 rings (SSSR count). The number of carbonyl (C=O) groups excluding carboxylic acids is 1. The molecule has 1 heterocycles. The highest BCUT2D eigenvalue weighted by atomic mass is 32.1. The molecule has 0 aliphatic heterocycles. The van der Waals surface area contributed by atoms with Crippen LogP contribution in [-0.2, 0) is 0 Å². The first kappa shape index (κ1) is 9.88. The second kappa shape index (κ2) is 4.24. The van der Waals surface area contributed by atoms with Gasteiger partial charge in [-0.1, -0.05) is 17.9 Å². The van der Waals surface area contributed by atoms with Crippen molar-refractivity contribution in [2.75, 3.05) is 5.75 Å². The standard InChI is InChI=1S/C12H9NOS/c14-8-10-7-13-11-5-1-3-9(12(10)11)4-2-6-15/h1,3,5,7-8,13,15H,6H2. The average Bonchev–Trinajstić information content (AvgIpc) is 2.69. The van der Waals surface area contributed by atoms with Crippen LogP contribution in [-0.4, -0.2) is 17.0 Å². The third kappa shape index (κ3) is 1.77. The summed E-state index contributed by atoms with van der Waals surface area (Å²) < 4.78 is 0. The van der Waals surface area contributed by atoms with Crippen LogP contribution in [0.25, 0.3) is 10.9 Å². The molecule has 0 amide bonds. The summed E-state index contributed by atoms with van der Waals surface area (Å²) in [5.74, 6) is 6.39. The maximum absolute atomic E-state index is 10.8. The van der Waals surface area contributed by atoms with E-state index < -0.39 is 0 Å². The van der Waals surface area contributed by atoms with Gasteiger partial charge >= 0.3 is 0 Å². The van der Waals surface area contributed by atoms with Gasteiger partial charge in [-0.3, -0.25) is 4.79 Å². The normalized spacial score (nSPS) is 9.67. The van der Waals surface area contributed by atoms with Crippen LogP contribution in [0, 0.1) is 11.8 Å². The molecule has 0 fully saturated rings. The van der Waals surface area contributed by atoms with Gasteiger partial charge in [0.25, 0.3) is 0 Å². The molecule has 0 aliphatic rings. The minimum Gasteiger partial charge on any atom is -0.360 e. The summed E-state index contributed by atoms with van der Waals surface area (Å²) in [5, 5.41) is 0.891. The number of carbonyl (C=O) groups is 1. The van der Waals surface area contributed by atoms with Crippen molar-refractivity contribution >= 4 is 29.8 Å². The first-order chi connectivity index (χ1) is 7.36. The van der Waals surface area contributed by atoms with Gasteiger partial charge in [-0.05, 0) is 12.1 Å². The minimum absolute atomic E-state index is 0.511. The number of benzene rings is 1. The summed E-state index contributed by atoms with van der Waals surface area (Å²) in [7, 11) is 0. The van der Waals surface area contributed by atoms with Crippen molar-refractivity contribution in [3.63, 3.8) is 0 Å². The number of hydrogen-bond acceptors (Lipinski definition) is 2. The van der Waals surface area contributed by atoms with E-state index >= 15 is 0 Å². The fourth-order valence-corrected chi connectivity index (χ4v) is 1.62. The Morgan fingerprint density at radius 2 is 2.33 bits per heavy atom. The molecule has 2 nitrogen and oxygen atoms in total. The summed E-state index contributed by atoms with van der Waals surface area (Å²) in [6.45, 7) is 0. The predicted molar refractivity (Wildman–Crippen MR) is 64.4 cm³/mol. The van der Waals surface area contributed by atoms with Crippen LogP contribution in [0.5, 0.6) is 0 Å². The van der Waals surface area contributed by atoms with Crippen LogP contribution in [0.3, 0.4) is 0 Å². The molecule has 74 valence electrons. The Labute approximate surface area is 93.1 Å². The molecule has 3 heteroatoms. The highest BCUT2D eigenvalue weighted by molar-refractivity contribution is 7.80. The van der Waals surface area contributed by atoms with E-state index in [4.69, 9.17) is 0 Å². The number of aromatic amines is 1. The van der Waals surface area contributed by atoms with Gasteiger partial charge in [-0.15, -0.1) is 0 Å². The molecular formula is C12H9NOS. The Kier molecular flexibility index (Phi) is 2.79. The van der Waals surface area contributed by atoms with E-state index in [0.717, 1.165) is 22.8 Å². The minimum atomic E-state index is 0.511. The zero-order valence-corrected chi connectivity index (χ0v) is 8.84. The van der Waals surface area contributed by atoms with E-state index in [1.54, 1.807) is 6.20 Å². The van der Waals surface area contributed by atoms with E-state index in [1.165, 1.54) is 0 Å². The molecule has 0 atom stereocenters. The molecule has 1 aromatic heterocycles. The highest BCUT2D eigenvalue weighted by Gasteiger charge is 2.05. The second-order valence-electron chi connectivity index (χ2n) is 3.05. The monoisotopic (exact) mass is 215 g/mol. The van der Waals surface area contributed by atoms with Crippen LogP contribution in [0.2, 0.25) is 0 Å². The molecule has 0 saturated heterocycles. The Bertz CT molecular complexity index is 560. The van der Waals surface area contributed by atoms with E-state index in [9.17, 15) is 4.79 Å². The summed E-state index contributed by atoms with van der Waals surface area (Å²) in [6.07, 6.45) is 2.54. The maximum Gasteiger partial charge on any atom is 0.152 e. The van der Waals surface area contributed by atoms with E-state index in [-0.39, 0.29) is 0 Å². The van der Waals surface area contributed by atoms with Crippen LogP contribution in [0.1, 0.15) is 15.9 Å². The van der Waals surface area contributed by atoms with Gasteiger partial charge in [0.05, 0.1) is 5.75 Å². The van der Waals surface area contributed by atoms with Crippen molar-refractivity contribution in [1.29, 1.82) is 0 Å². The number of aldehydes is 1. The SMILES string of the molecule is O=Cc1c[nH]c2cccc(C#CCS)c12. The third-order valence-corrected chi connectivity index (χ3v) is 2.32. The Balaban J connectivity index is 2.72. The molecule has 0 spiro atoms. The molecular weight excluding hydrogens is 206 g/mol. The molecule has 1 N–H and O–H groups in total. The molecule has 0 radical (unpaired) electrons. The number of nitrogens with one attached hydrogen (secondary N) is 1. The van der Waals surface area contributed by atoms with Crippen LogP contribution >= 0.6 is 12.6 Å². The van der Waals surface area contributed by atoms with Crippen molar-refractivity contribution in [3.8, 4) is 11.8 Å². The molecule has 0 saturated carbocycles. The van der Waals surface area contributed by atoms with Gasteiger partial charge in [-0.2, -0.15) is 12.6 Å². The first-order valence-corrected chi connectivity index (χ1v) is 5.15. The van der Waals surface area contributed by atoms with E-state index in [2.05, 4.69) is 29.5 Å². The number of thiol groups is 1. The Morgan fingerprint density at radius 3 is 3.07 bits per heavy atom. The quantitative estimate of drug-likeness (QED) is 0.427. The zero-order chi connectivity index (χ0) is 10.7. The molecule has 0 bridgehead atoms. The number of H-pyrrole nitrogens is 1. The van der Waals surface area contributed by atoms with Crippen molar-refractivity contribution in [3.05, 3.63) is 35.5 Å². The number of rotatable bonds is 1. The predicted octanol–water partition coefficient (Wildman–Crippen LogP) is 2.26. The molecule has 2 aromatic rings. The fourth-order valence-electron chi connectivity index (χ4n) is 1.54. The van der Waals surface area contributed by atoms with Crippen LogP contribution in [0.15, 0.2) is 24.4 Å². The number of aromatic nitrogens is 1. The summed E-state index contributed by atoms with van der Waals surface area (Å²) in [4.78, 5) is 13.9. The molecule has 15 heavy (non-hydrogen) atoms. The van der Waals surface area contributed by atoms with Gasteiger partial charge in [0.2, 0.25) is 0 Å². The first-order valence-electron chi connectivity index (χ1n) is 4.52. The number of hydrogen-bond donors (Lipinski definition) is 2. The fraction of sp³-hybridized carbons (Fsp3) is 0.0833. The zero-order valence-electron chi connectivity index (χ0n) is 7.95. The summed E-state index contributed by atoms with van der Waals surface area (Å²) >= 11 is 4.03. The van der Waals surface area contributed by atoms with Crippen molar-refractivity contribution in [2.45, 2.75) is 0 Å². The lowest BCUT2D eigenvalue weighted by Crippen LogP contribution is -1.81. The average molecular weight is 215 g/mol. The summed E-state index contributed by atoms with van der Waals surface area (Å²) in [6, 6.07) is 5.74. The highest BCUT2D eigenvalue weighted by Crippen LogP contribution is 2.20. The second-order valence-corrected chi connectivity index (χ2v) is 3.37. The maximum atomic E-state index is 10.8. The van der Waals surface area contributed by atoms with Gasteiger partial charge in [-0.25, -0.2) is 0 Å². The Hall–Kier alpha value is -1.66.